The van der Waals surface area contributed by atoms with Crippen molar-refractivity contribution in [2.75, 3.05) is 0 Å². The van der Waals surface area contributed by atoms with E-state index in [2.05, 4.69) is 11.9 Å². The third kappa shape index (κ3) is 3.99. The zero-order chi connectivity index (χ0) is 10.2. The lowest BCUT2D eigenvalue weighted by atomic mass is 10.1. The van der Waals surface area contributed by atoms with E-state index in [9.17, 15) is 4.79 Å². The first-order valence-corrected chi connectivity index (χ1v) is 4.95. The Bertz CT molecular complexity index is 303. The molecule has 0 amide bonds. The third-order valence-electron chi connectivity index (χ3n) is 1.90. The maximum absolute atomic E-state index is 11.3. The molecule has 2 nitrogen and oxygen atoms in total. The first-order chi connectivity index (χ1) is 6.83. The minimum atomic E-state index is 0.178. The van der Waals surface area contributed by atoms with Gasteiger partial charge in [-0.15, -0.1) is 0 Å². The molecule has 0 aliphatic rings. The quantitative estimate of drug-likeness (QED) is 0.667. The van der Waals surface area contributed by atoms with Gasteiger partial charge in [0.05, 0.1) is 5.69 Å². The molecular formula is C12H15NO. The summed E-state index contributed by atoms with van der Waals surface area (Å²) >= 11 is 0. The number of carbonyl (C=O) groups is 1. The summed E-state index contributed by atoms with van der Waals surface area (Å²) in [5, 5.41) is 0. The summed E-state index contributed by atoms with van der Waals surface area (Å²) in [4.78, 5) is 15.4. The van der Waals surface area contributed by atoms with Crippen molar-refractivity contribution in [3.63, 3.8) is 0 Å². The molecule has 0 aliphatic carbocycles. The Labute approximate surface area is 84.7 Å². The molecule has 1 aromatic heterocycles. The second-order valence-electron chi connectivity index (χ2n) is 3.16. The number of pyridine rings is 1. The van der Waals surface area contributed by atoms with Crippen molar-refractivity contribution >= 4 is 11.9 Å². The molecule has 0 radical (unpaired) electrons. The molecule has 0 atom stereocenters. The van der Waals surface area contributed by atoms with Crippen molar-refractivity contribution in [2.45, 2.75) is 26.2 Å². The second-order valence-corrected chi connectivity index (χ2v) is 3.16. The van der Waals surface area contributed by atoms with Gasteiger partial charge in [0.15, 0.2) is 5.78 Å². The van der Waals surface area contributed by atoms with Crippen LogP contribution in [0.5, 0.6) is 0 Å². The van der Waals surface area contributed by atoms with E-state index in [0.29, 0.717) is 6.42 Å². The molecule has 0 aromatic carbocycles. The van der Waals surface area contributed by atoms with Crippen molar-refractivity contribution in [2.24, 2.45) is 0 Å². The van der Waals surface area contributed by atoms with Crippen LogP contribution in [0, 0.1) is 0 Å². The van der Waals surface area contributed by atoms with Crippen molar-refractivity contribution in [1.29, 1.82) is 0 Å². The number of ketones is 1. The Morgan fingerprint density at radius 2 is 2.36 bits per heavy atom. The van der Waals surface area contributed by atoms with Crippen LogP contribution in [-0.2, 0) is 4.79 Å². The molecule has 14 heavy (non-hydrogen) atoms. The number of hydrogen-bond acceptors (Lipinski definition) is 2. The van der Waals surface area contributed by atoms with Crippen molar-refractivity contribution in [1.82, 2.24) is 4.98 Å². The van der Waals surface area contributed by atoms with E-state index in [1.165, 1.54) is 0 Å². The standard InChI is InChI=1S/C12H15NO/c1-2-3-7-12(14)9-8-11-6-4-5-10-13-11/h4-6,8-10H,2-3,7H2,1H3/b9-8+. The number of nitrogens with zero attached hydrogens (tertiary/aromatic N) is 1. The number of aromatic nitrogens is 1. The molecule has 0 N–H and O–H groups in total. The predicted octanol–water partition coefficient (Wildman–Crippen LogP) is 2.85. The maximum Gasteiger partial charge on any atom is 0.155 e. The van der Waals surface area contributed by atoms with Gasteiger partial charge < -0.3 is 0 Å². The van der Waals surface area contributed by atoms with Gasteiger partial charge in [-0.05, 0) is 30.7 Å². The van der Waals surface area contributed by atoms with Crippen LogP contribution in [-0.4, -0.2) is 10.8 Å². The molecule has 0 aliphatic heterocycles. The molecule has 0 bridgehead atoms. The number of allylic oxidation sites excluding steroid dienone is 1. The Morgan fingerprint density at radius 1 is 1.50 bits per heavy atom. The van der Waals surface area contributed by atoms with Crippen LogP contribution in [0.15, 0.2) is 30.5 Å². The fraction of sp³-hybridized carbons (Fsp3) is 0.333. The van der Waals surface area contributed by atoms with Gasteiger partial charge in [0.2, 0.25) is 0 Å². The fourth-order valence-electron chi connectivity index (χ4n) is 1.09. The van der Waals surface area contributed by atoms with Gasteiger partial charge in [-0.2, -0.15) is 0 Å². The molecule has 1 heterocycles. The molecule has 0 fully saturated rings. The highest BCUT2D eigenvalue weighted by atomic mass is 16.1. The summed E-state index contributed by atoms with van der Waals surface area (Å²) in [6.45, 7) is 2.08. The summed E-state index contributed by atoms with van der Waals surface area (Å²) in [6.07, 6.45) is 7.75. The van der Waals surface area contributed by atoms with Crippen molar-refractivity contribution in [3.8, 4) is 0 Å². The molecule has 1 rings (SSSR count). The largest absolute Gasteiger partial charge is 0.295 e. The van der Waals surface area contributed by atoms with E-state index in [1.54, 1.807) is 18.3 Å². The highest BCUT2D eigenvalue weighted by Crippen LogP contribution is 2.00. The van der Waals surface area contributed by atoms with E-state index in [0.717, 1.165) is 18.5 Å². The Kier molecular flexibility index (Phi) is 4.62. The highest BCUT2D eigenvalue weighted by Gasteiger charge is 1.94. The van der Waals surface area contributed by atoms with Gasteiger partial charge in [0.1, 0.15) is 0 Å². The van der Waals surface area contributed by atoms with Gasteiger partial charge in [-0.1, -0.05) is 19.4 Å². The number of rotatable bonds is 5. The van der Waals surface area contributed by atoms with E-state index in [4.69, 9.17) is 0 Å². The van der Waals surface area contributed by atoms with Gasteiger partial charge in [0, 0.05) is 12.6 Å². The number of unbranched alkanes of at least 4 members (excludes halogenated alkanes) is 1. The van der Waals surface area contributed by atoms with Crippen LogP contribution in [0.1, 0.15) is 31.9 Å². The molecule has 0 saturated carbocycles. The minimum Gasteiger partial charge on any atom is -0.295 e. The van der Waals surface area contributed by atoms with E-state index < -0.39 is 0 Å². The second kappa shape index (κ2) is 6.08. The Morgan fingerprint density at radius 3 is 3.00 bits per heavy atom. The summed E-state index contributed by atoms with van der Waals surface area (Å²) in [6, 6.07) is 5.64. The number of hydrogen-bond donors (Lipinski definition) is 0. The van der Waals surface area contributed by atoms with Crippen LogP contribution < -0.4 is 0 Å². The molecule has 2 heteroatoms. The monoisotopic (exact) mass is 189 g/mol. The van der Waals surface area contributed by atoms with Crippen LogP contribution in [0.25, 0.3) is 6.08 Å². The lowest BCUT2D eigenvalue weighted by molar-refractivity contribution is -0.114. The summed E-state index contributed by atoms with van der Waals surface area (Å²) in [7, 11) is 0. The predicted molar refractivity (Wildman–Crippen MR) is 57.8 cm³/mol. The lowest BCUT2D eigenvalue weighted by Crippen LogP contribution is -1.91. The third-order valence-corrected chi connectivity index (χ3v) is 1.90. The average Bonchev–Trinajstić information content (AvgIpc) is 2.25. The Balaban J connectivity index is 2.44. The SMILES string of the molecule is CCCCC(=O)/C=C/c1ccccn1. The molecule has 74 valence electrons. The lowest BCUT2D eigenvalue weighted by Gasteiger charge is -1.92. The van der Waals surface area contributed by atoms with Crippen molar-refractivity contribution < 1.29 is 4.79 Å². The summed E-state index contributed by atoms with van der Waals surface area (Å²) in [5.74, 6) is 0.178. The molecule has 0 unspecified atom stereocenters. The topological polar surface area (TPSA) is 30.0 Å². The zero-order valence-electron chi connectivity index (χ0n) is 8.44. The molecule has 1 aromatic rings. The normalized spacial score (nSPS) is 10.6. The smallest absolute Gasteiger partial charge is 0.155 e. The molecule has 0 saturated heterocycles. The van der Waals surface area contributed by atoms with Gasteiger partial charge in [-0.25, -0.2) is 0 Å². The maximum atomic E-state index is 11.3. The highest BCUT2D eigenvalue weighted by molar-refractivity contribution is 5.93. The number of carbonyl (C=O) groups excluding carboxylic acids is 1. The van der Waals surface area contributed by atoms with E-state index in [-0.39, 0.29) is 5.78 Å². The minimum absolute atomic E-state index is 0.178. The Hall–Kier alpha value is -1.44. The molecular weight excluding hydrogens is 174 g/mol. The van der Waals surface area contributed by atoms with Gasteiger partial charge in [-0.3, -0.25) is 9.78 Å². The van der Waals surface area contributed by atoms with Gasteiger partial charge >= 0.3 is 0 Å². The zero-order valence-corrected chi connectivity index (χ0v) is 8.44. The van der Waals surface area contributed by atoms with Gasteiger partial charge in [0.25, 0.3) is 0 Å². The van der Waals surface area contributed by atoms with Crippen LogP contribution in [0.3, 0.4) is 0 Å². The first kappa shape index (κ1) is 10.6. The average molecular weight is 189 g/mol. The van der Waals surface area contributed by atoms with Crippen LogP contribution >= 0.6 is 0 Å². The molecule has 0 spiro atoms. The van der Waals surface area contributed by atoms with E-state index >= 15 is 0 Å². The summed E-state index contributed by atoms with van der Waals surface area (Å²) in [5.41, 5.74) is 0.831. The first-order valence-electron chi connectivity index (χ1n) is 4.95. The van der Waals surface area contributed by atoms with E-state index in [1.807, 2.05) is 18.2 Å². The van der Waals surface area contributed by atoms with Crippen LogP contribution in [0.2, 0.25) is 0 Å². The van der Waals surface area contributed by atoms with Crippen LogP contribution in [0.4, 0.5) is 0 Å². The fourth-order valence-corrected chi connectivity index (χ4v) is 1.09. The summed E-state index contributed by atoms with van der Waals surface area (Å²) < 4.78 is 0. The van der Waals surface area contributed by atoms with Crippen molar-refractivity contribution in [3.05, 3.63) is 36.2 Å².